The second kappa shape index (κ2) is 5.14. The first-order chi connectivity index (χ1) is 8.97. The van der Waals surface area contributed by atoms with Crippen molar-refractivity contribution in [1.82, 2.24) is 15.2 Å². The van der Waals surface area contributed by atoms with Crippen LogP contribution in [-0.2, 0) is 0 Å². The van der Waals surface area contributed by atoms with Crippen molar-refractivity contribution in [2.24, 2.45) is 0 Å². The summed E-state index contributed by atoms with van der Waals surface area (Å²) in [6.45, 7) is 1.67. The number of nitrogens with zero attached hydrogens (tertiary/aromatic N) is 3. The first-order valence-electron chi connectivity index (χ1n) is 5.11. The quantitative estimate of drug-likeness (QED) is 0.662. The van der Waals surface area contributed by atoms with Crippen LogP contribution in [-0.4, -0.2) is 26.0 Å². The lowest BCUT2D eigenvalue weighted by atomic mass is 10.3. The molecule has 0 aliphatic carbocycles. The van der Waals surface area contributed by atoms with E-state index in [1.54, 1.807) is 6.92 Å². The maximum absolute atomic E-state index is 11.8. The van der Waals surface area contributed by atoms with E-state index in [0.29, 0.717) is 11.5 Å². The van der Waals surface area contributed by atoms with Crippen molar-refractivity contribution in [2.45, 2.75) is 6.92 Å². The van der Waals surface area contributed by atoms with Gasteiger partial charge in [0.1, 0.15) is 5.82 Å². The van der Waals surface area contributed by atoms with Crippen molar-refractivity contribution in [3.05, 3.63) is 44.4 Å². The summed E-state index contributed by atoms with van der Waals surface area (Å²) in [6, 6.07) is 4.17. The smallest absolute Gasteiger partial charge is 0.295 e. The van der Waals surface area contributed by atoms with Crippen LogP contribution in [0.4, 0.5) is 11.4 Å². The summed E-state index contributed by atoms with van der Waals surface area (Å²) in [5.74, 6) is 0.0344. The molecule has 0 unspecified atom stereocenters. The number of benzene rings is 1. The molecular formula is C10H8BrN5O3. The van der Waals surface area contributed by atoms with Crippen LogP contribution >= 0.6 is 15.9 Å². The zero-order valence-corrected chi connectivity index (χ0v) is 11.3. The molecule has 2 N–H and O–H groups in total. The number of hydrogen-bond acceptors (Lipinski definition) is 5. The van der Waals surface area contributed by atoms with E-state index in [4.69, 9.17) is 0 Å². The van der Waals surface area contributed by atoms with Gasteiger partial charge in [-0.15, -0.1) is 5.10 Å². The van der Waals surface area contributed by atoms with E-state index in [-0.39, 0.29) is 16.0 Å². The molecule has 0 aliphatic heterocycles. The van der Waals surface area contributed by atoms with Gasteiger partial charge in [-0.3, -0.25) is 20.0 Å². The molecule has 1 aromatic heterocycles. The fourth-order valence-electron chi connectivity index (χ4n) is 1.36. The fourth-order valence-corrected chi connectivity index (χ4v) is 1.89. The Morgan fingerprint density at radius 3 is 2.79 bits per heavy atom. The molecule has 8 nitrogen and oxygen atoms in total. The number of H-pyrrole nitrogens is 1. The molecule has 9 heteroatoms. The number of nitro benzene ring substituents is 1. The zero-order valence-electron chi connectivity index (χ0n) is 9.68. The summed E-state index contributed by atoms with van der Waals surface area (Å²) >= 11 is 3.07. The molecule has 1 aromatic carbocycles. The minimum Gasteiger partial charge on any atom is -0.319 e. The van der Waals surface area contributed by atoms with Crippen LogP contribution in [0.3, 0.4) is 0 Å². The standard InChI is InChI=1S/C10H8BrN5O3/c1-5-12-9(15-14-5)10(17)13-6-2-3-8(16(18)19)7(11)4-6/h2-4H,1H3,(H,13,17)(H,12,14,15). The van der Waals surface area contributed by atoms with Crippen molar-refractivity contribution in [3.8, 4) is 0 Å². The second-order valence-electron chi connectivity index (χ2n) is 3.62. The lowest BCUT2D eigenvalue weighted by molar-refractivity contribution is -0.385. The molecule has 2 aromatic rings. The first-order valence-corrected chi connectivity index (χ1v) is 5.91. The van der Waals surface area contributed by atoms with Crippen molar-refractivity contribution in [2.75, 3.05) is 5.32 Å². The molecule has 1 heterocycles. The molecular weight excluding hydrogens is 318 g/mol. The Labute approximate surface area is 115 Å². The Balaban J connectivity index is 2.18. The van der Waals surface area contributed by atoms with E-state index in [0.717, 1.165) is 0 Å². The van der Waals surface area contributed by atoms with Crippen LogP contribution in [0.25, 0.3) is 0 Å². The highest BCUT2D eigenvalue weighted by Gasteiger charge is 2.15. The SMILES string of the molecule is Cc1nc(C(=O)Nc2ccc([N+](=O)[O-])c(Br)c2)n[nH]1. The molecule has 0 atom stereocenters. The number of carbonyl (C=O) groups is 1. The highest BCUT2D eigenvalue weighted by Crippen LogP contribution is 2.27. The van der Waals surface area contributed by atoms with Gasteiger partial charge in [0.2, 0.25) is 5.82 Å². The second-order valence-corrected chi connectivity index (χ2v) is 4.48. The van der Waals surface area contributed by atoms with Crippen LogP contribution in [0.2, 0.25) is 0 Å². The third-order valence-corrected chi connectivity index (χ3v) is 2.84. The van der Waals surface area contributed by atoms with E-state index in [1.165, 1.54) is 18.2 Å². The van der Waals surface area contributed by atoms with E-state index in [1.807, 2.05) is 0 Å². The molecule has 2 rings (SSSR count). The van der Waals surface area contributed by atoms with E-state index in [9.17, 15) is 14.9 Å². The van der Waals surface area contributed by atoms with Crippen LogP contribution in [0.1, 0.15) is 16.4 Å². The summed E-state index contributed by atoms with van der Waals surface area (Å²) in [5.41, 5.74) is 0.330. The summed E-state index contributed by atoms with van der Waals surface area (Å²) < 4.78 is 0.279. The number of aryl methyl sites for hydroxylation is 1. The van der Waals surface area contributed by atoms with E-state index in [2.05, 4.69) is 36.4 Å². The average molecular weight is 326 g/mol. The van der Waals surface area contributed by atoms with Crippen molar-refractivity contribution >= 4 is 33.2 Å². The Morgan fingerprint density at radius 1 is 1.53 bits per heavy atom. The van der Waals surface area contributed by atoms with Gasteiger partial charge < -0.3 is 5.32 Å². The van der Waals surface area contributed by atoms with Gasteiger partial charge in [0.05, 0.1) is 9.40 Å². The minimum absolute atomic E-state index is 0.00646. The topological polar surface area (TPSA) is 114 Å². The van der Waals surface area contributed by atoms with Gasteiger partial charge in [0.25, 0.3) is 11.6 Å². The predicted molar refractivity (Wildman–Crippen MR) is 69.9 cm³/mol. The predicted octanol–water partition coefficient (Wildman–Crippen LogP) is 2.04. The van der Waals surface area contributed by atoms with Crippen LogP contribution in [0, 0.1) is 17.0 Å². The van der Waals surface area contributed by atoms with Gasteiger partial charge in [-0.25, -0.2) is 4.98 Å². The number of nitrogens with one attached hydrogen (secondary N) is 2. The maximum Gasteiger partial charge on any atom is 0.295 e. The summed E-state index contributed by atoms with van der Waals surface area (Å²) in [4.78, 5) is 25.8. The lowest BCUT2D eigenvalue weighted by Gasteiger charge is -2.03. The highest BCUT2D eigenvalue weighted by molar-refractivity contribution is 9.10. The van der Waals surface area contributed by atoms with E-state index >= 15 is 0 Å². The van der Waals surface area contributed by atoms with Crippen LogP contribution < -0.4 is 5.32 Å². The van der Waals surface area contributed by atoms with Gasteiger partial charge in [0, 0.05) is 11.8 Å². The molecule has 98 valence electrons. The number of carbonyl (C=O) groups excluding carboxylic acids is 1. The van der Waals surface area contributed by atoms with Gasteiger partial charge >= 0.3 is 0 Å². The fraction of sp³-hybridized carbons (Fsp3) is 0.100. The maximum atomic E-state index is 11.8. The summed E-state index contributed by atoms with van der Waals surface area (Å²) in [7, 11) is 0. The normalized spacial score (nSPS) is 10.2. The zero-order chi connectivity index (χ0) is 14.0. The number of rotatable bonds is 3. The Bertz CT molecular complexity index is 654. The number of aromatic nitrogens is 3. The van der Waals surface area contributed by atoms with Crippen molar-refractivity contribution in [3.63, 3.8) is 0 Å². The van der Waals surface area contributed by atoms with Gasteiger partial charge in [-0.05, 0) is 35.0 Å². The molecule has 0 spiro atoms. The van der Waals surface area contributed by atoms with Gasteiger partial charge in [-0.2, -0.15) is 0 Å². The molecule has 0 saturated heterocycles. The molecule has 19 heavy (non-hydrogen) atoms. The van der Waals surface area contributed by atoms with Gasteiger partial charge in [-0.1, -0.05) is 0 Å². The number of aromatic amines is 1. The molecule has 0 aliphatic rings. The molecule has 0 saturated carbocycles. The minimum atomic E-state index is -0.520. The van der Waals surface area contributed by atoms with E-state index < -0.39 is 10.8 Å². The average Bonchev–Trinajstić information content (AvgIpc) is 2.75. The highest BCUT2D eigenvalue weighted by atomic mass is 79.9. The lowest BCUT2D eigenvalue weighted by Crippen LogP contribution is -2.13. The van der Waals surface area contributed by atoms with Crippen molar-refractivity contribution < 1.29 is 9.72 Å². The number of halogens is 1. The number of nitro groups is 1. The van der Waals surface area contributed by atoms with Crippen molar-refractivity contribution in [1.29, 1.82) is 0 Å². The third-order valence-electron chi connectivity index (χ3n) is 2.20. The number of hydrogen-bond donors (Lipinski definition) is 2. The Hall–Kier alpha value is -2.29. The largest absolute Gasteiger partial charge is 0.319 e. The monoisotopic (exact) mass is 325 g/mol. The number of anilines is 1. The Kier molecular flexibility index (Phi) is 3.56. The molecule has 0 fully saturated rings. The van der Waals surface area contributed by atoms with Crippen LogP contribution in [0.5, 0.6) is 0 Å². The first kappa shape index (κ1) is 13.1. The third kappa shape index (κ3) is 2.94. The number of amides is 1. The Morgan fingerprint density at radius 2 is 2.26 bits per heavy atom. The van der Waals surface area contributed by atoms with Crippen LogP contribution in [0.15, 0.2) is 22.7 Å². The molecule has 0 radical (unpaired) electrons. The van der Waals surface area contributed by atoms with Gasteiger partial charge in [0.15, 0.2) is 0 Å². The summed E-state index contributed by atoms with van der Waals surface area (Å²) in [5, 5.41) is 19.4. The molecule has 0 bridgehead atoms. The molecule has 1 amide bonds. The summed E-state index contributed by atoms with van der Waals surface area (Å²) in [6.07, 6.45) is 0.